The molecule has 2 aromatic rings. The van der Waals surface area contributed by atoms with E-state index in [-0.39, 0.29) is 18.8 Å². The van der Waals surface area contributed by atoms with Gasteiger partial charge in [-0.1, -0.05) is 6.07 Å². The van der Waals surface area contributed by atoms with Gasteiger partial charge in [-0.3, -0.25) is 4.98 Å². The van der Waals surface area contributed by atoms with Crippen molar-refractivity contribution in [2.45, 2.75) is 37.8 Å². The lowest BCUT2D eigenvalue weighted by Gasteiger charge is -2.27. The summed E-state index contributed by atoms with van der Waals surface area (Å²) in [6.07, 6.45) is 6.72. The van der Waals surface area contributed by atoms with Gasteiger partial charge < -0.3 is 20.8 Å². The molecule has 1 aliphatic rings. The summed E-state index contributed by atoms with van der Waals surface area (Å²) in [5.41, 5.74) is 1.65. The number of nitrogens with zero attached hydrogens (tertiary/aromatic N) is 3. The first-order valence-corrected chi connectivity index (χ1v) is 8.34. The molecule has 0 saturated heterocycles. The molecule has 128 valence electrons. The third-order valence-electron chi connectivity index (χ3n) is 4.16. The van der Waals surface area contributed by atoms with Crippen LogP contribution < -0.4 is 10.6 Å². The molecule has 0 radical (unpaired) electrons. The van der Waals surface area contributed by atoms with Crippen LogP contribution in [0.1, 0.15) is 25.7 Å². The first-order chi connectivity index (χ1) is 11.8. The molecule has 1 saturated carbocycles. The molecule has 24 heavy (non-hydrogen) atoms. The number of aliphatic hydroxyl groups excluding tert-OH is 2. The summed E-state index contributed by atoms with van der Waals surface area (Å²) in [5.74, 6) is 1.20. The number of hydrogen-bond acceptors (Lipinski definition) is 7. The predicted octanol–water partition coefficient (Wildman–Crippen LogP) is 1.66. The third kappa shape index (κ3) is 4.18. The van der Waals surface area contributed by atoms with Crippen molar-refractivity contribution in [3.63, 3.8) is 0 Å². The number of rotatable bonds is 6. The lowest BCUT2D eigenvalue weighted by molar-refractivity contribution is 0.126. The zero-order valence-electron chi connectivity index (χ0n) is 13.5. The lowest BCUT2D eigenvalue weighted by Crippen LogP contribution is -2.29. The van der Waals surface area contributed by atoms with Crippen LogP contribution in [0.4, 0.5) is 11.8 Å². The van der Waals surface area contributed by atoms with Gasteiger partial charge in [0.1, 0.15) is 5.82 Å². The zero-order valence-corrected chi connectivity index (χ0v) is 13.5. The van der Waals surface area contributed by atoms with E-state index in [1.807, 2.05) is 18.2 Å². The number of nitrogens with one attached hydrogen (secondary N) is 2. The largest absolute Gasteiger partial charge is 0.395 e. The van der Waals surface area contributed by atoms with Crippen molar-refractivity contribution in [1.29, 1.82) is 0 Å². The molecular formula is C17H23N5O2. The average molecular weight is 329 g/mol. The Labute approximate surface area is 141 Å². The second-order valence-corrected chi connectivity index (χ2v) is 5.97. The molecule has 2 heterocycles. The van der Waals surface area contributed by atoms with Crippen molar-refractivity contribution in [3.8, 4) is 11.3 Å². The Morgan fingerprint density at radius 2 is 1.96 bits per heavy atom. The number of anilines is 2. The van der Waals surface area contributed by atoms with Gasteiger partial charge in [0.2, 0.25) is 5.95 Å². The van der Waals surface area contributed by atoms with E-state index in [9.17, 15) is 5.11 Å². The number of hydrogen-bond donors (Lipinski definition) is 4. The molecule has 0 amide bonds. The predicted molar refractivity (Wildman–Crippen MR) is 92.7 cm³/mol. The molecule has 7 nitrogen and oxygen atoms in total. The molecule has 2 aromatic heterocycles. The Kier molecular flexibility index (Phi) is 5.55. The summed E-state index contributed by atoms with van der Waals surface area (Å²) in [7, 11) is 0. The minimum atomic E-state index is -0.189. The summed E-state index contributed by atoms with van der Waals surface area (Å²) < 4.78 is 0. The molecule has 0 aromatic carbocycles. The molecule has 1 aliphatic carbocycles. The molecule has 0 spiro atoms. The van der Waals surface area contributed by atoms with E-state index in [1.165, 1.54) is 0 Å². The first-order valence-electron chi connectivity index (χ1n) is 8.34. The van der Waals surface area contributed by atoms with Crippen LogP contribution in [-0.4, -0.2) is 50.5 Å². The van der Waals surface area contributed by atoms with Gasteiger partial charge in [0.15, 0.2) is 0 Å². The second kappa shape index (κ2) is 8.03. The van der Waals surface area contributed by atoms with Crippen LogP contribution in [0.15, 0.2) is 30.6 Å². The Morgan fingerprint density at radius 1 is 1.12 bits per heavy atom. The standard InChI is InChI=1S/C17H23N5O2/c23-10-9-19-17-20-11-14(15-3-1-2-8-18-15)16(22-17)21-12-4-6-13(24)7-5-12/h1-3,8,11-13,23-24H,4-7,9-10H2,(H2,19,20,21,22)/t12-,13-. The maximum Gasteiger partial charge on any atom is 0.224 e. The quantitative estimate of drug-likeness (QED) is 0.639. The normalized spacial score (nSPS) is 20.6. The fraction of sp³-hybridized carbons (Fsp3) is 0.471. The molecule has 7 heteroatoms. The Morgan fingerprint density at radius 3 is 2.67 bits per heavy atom. The van der Waals surface area contributed by atoms with E-state index < -0.39 is 0 Å². The smallest absolute Gasteiger partial charge is 0.224 e. The Bertz CT molecular complexity index is 645. The van der Waals surface area contributed by atoms with E-state index in [4.69, 9.17) is 5.11 Å². The summed E-state index contributed by atoms with van der Waals surface area (Å²) in [6.45, 7) is 0.423. The monoisotopic (exact) mass is 329 g/mol. The fourth-order valence-corrected chi connectivity index (χ4v) is 2.87. The zero-order chi connectivity index (χ0) is 16.8. The highest BCUT2D eigenvalue weighted by molar-refractivity contribution is 5.72. The van der Waals surface area contributed by atoms with Gasteiger partial charge in [0, 0.05) is 25.0 Å². The van der Waals surface area contributed by atoms with Crippen LogP contribution in [0.25, 0.3) is 11.3 Å². The maximum absolute atomic E-state index is 9.67. The van der Waals surface area contributed by atoms with Crippen LogP contribution in [0, 0.1) is 0 Å². The molecule has 4 N–H and O–H groups in total. The Balaban J connectivity index is 1.84. The Hall–Kier alpha value is -2.25. The summed E-state index contributed by atoms with van der Waals surface area (Å²) in [4.78, 5) is 13.2. The average Bonchev–Trinajstić information content (AvgIpc) is 2.63. The van der Waals surface area contributed by atoms with Crippen molar-refractivity contribution in [2.75, 3.05) is 23.8 Å². The second-order valence-electron chi connectivity index (χ2n) is 5.97. The van der Waals surface area contributed by atoms with Gasteiger partial charge >= 0.3 is 0 Å². The topological polar surface area (TPSA) is 103 Å². The number of aliphatic hydroxyl groups is 2. The van der Waals surface area contributed by atoms with E-state index in [2.05, 4.69) is 25.6 Å². The SMILES string of the molecule is OCCNc1ncc(-c2ccccn2)c(N[C@H]2CC[C@H](O)CC2)n1. The van der Waals surface area contributed by atoms with E-state index in [0.717, 1.165) is 42.8 Å². The molecular weight excluding hydrogens is 306 g/mol. The summed E-state index contributed by atoms with van der Waals surface area (Å²) >= 11 is 0. The molecule has 0 unspecified atom stereocenters. The minimum Gasteiger partial charge on any atom is -0.395 e. The lowest BCUT2D eigenvalue weighted by atomic mass is 9.93. The molecule has 0 aliphatic heterocycles. The van der Waals surface area contributed by atoms with Crippen molar-refractivity contribution < 1.29 is 10.2 Å². The molecule has 1 fully saturated rings. The number of pyridine rings is 1. The van der Waals surface area contributed by atoms with Gasteiger partial charge in [-0.15, -0.1) is 0 Å². The van der Waals surface area contributed by atoms with Gasteiger partial charge in [-0.25, -0.2) is 4.98 Å². The van der Waals surface area contributed by atoms with Crippen molar-refractivity contribution in [1.82, 2.24) is 15.0 Å². The van der Waals surface area contributed by atoms with Gasteiger partial charge in [0.25, 0.3) is 0 Å². The first kappa shape index (κ1) is 16.6. The van der Waals surface area contributed by atoms with E-state index in [1.54, 1.807) is 12.4 Å². The van der Waals surface area contributed by atoms with Gasteiger partial charge in [-0.2, -0.15) is 4.98 Å². The van der Waals surface area contributed by atoms with Crippen molar-refractivity contribution in [3.05, 3.63) is 30.6 Å². The van der Waals surface area contributed by atoms with Crippen LogP contribution >= 0.6 is 0 Å². The van der Waals surface area contributed by atoms with Gasteiger partial charge in [-0.05, 0) is 37.8 Å². The van der Waals surface area contributed by atoms with E-state index in [0.29, 0.717) is 12.5 Å². The van der Waals surface area contributed by atoms with Gasteiger partial charge in [0.05, 0.1) is 24.0 Å². The highest BCUT2D eigenvalue weighted by atomic mass is 16.3. The van der Waals surface area contributed by atoms with Crippen molar-refractivity contribution in [2.24, 2.45) is 0 Å². The van der Waals surface area contributed by atoms with Crippen LogP contribution in [0.5, 0.6) is 0 Å². The van der Waals surface area contributed by atoms with Crippen molar-refractivity contribution >= 4 is 11.8 Å². The molecule has 0 bridgehead atoms. The third-order valence-corrected chi connectivity index (χ3v) is 4.16. The maximum atomic E-state index is 9.67. The fourth-order valence-electron chi connectivity index (χ4n) is 2.87. The molecule has 0 atom stereocenters. The highest BCUT2D eigenvalue weighted by Crippen LogP contribution is 2.28. The molecule has 3 rings (SSSR count). The highest BCUT2D eigenvalue weighted by Gasteiger charge is 2.21. The van der Waals surface area contributed by atoms with Crippen LogP contribution in [-0.2, 0) is 0 Å². The minimum absolute atomic E-state index is 0.0224. The summed E-state index contributed by atoms with van der Waals surface area (Å²) in [5, 5.41) is 25.1. The van der Waals surface area contributed by atoms with E-state index >= 15 is 0 Å². The number of aromatic nitrogens is 3. The van der Waals surface area contributed by atoms with Crippen LogP contribution in [0.2, 0.25) is 0 Å². The van der Waals surface area contributed by atoms with Crippen LogP contribution in [0.3, 0.4) is 0 Å². The summed E-state index contributed by atoms with van der Waals surface area (Å²) in [6, 6.07) is 6.00.